The maximum absolute atomic E-state index is 10.8. The fraction of sp³-hybridized carbons (Fsp3) is 0.222. The number of carbonyl (C=O) groups is 1. The molecule has 0 aromatic heterocycles. The lowest BCUT2D eigenvalue weighted by atomic mass is 10.1. The van der Waals surface area contributed by atoms with Gasteiger partial charge < -0.3 is 5.11 Å². The van der Waals surface area contributed by atoms with Crippen LogP contribution in [0.25, 0.3) is 0 Å². The zero-order valence-corrected chi connectivity index (χ0v) is 9.26. The van der Waals surface area contributed by atoms with E-state index in [-0.39, 0.29) is 0 Å². The van der Waals surface area contributed by atoms with Gasteiger partial charge in [-0.3, -0.25) is 0 Å². The van der Waals surface area contributed by atoms with Crippen molar-refractivity contribution in [3.05, 3.63) is 35.4 Å². The van der Waals surface area contributed by atoms with E-state index < -0.39 is 9.75 Å². The Morgan fingerprint density at radius 2 is 2.08 bits per heavy atom. The molecule has 13 heavy (non-hydrogen) atoms. The molecule has 0 bridgehead atoms. The fourth-order valence-corrected chi connectivity index (χ4v) is 1.70. The summed E-state index contributed by atoms with van der Waals surface area (Å²) in [6.45, 7) is 1.82. The summed E-state index contributed by atoms with van der Waals surface area (Å²) in [6.07, 6.45) is 0. The molecule has 0 saturated carbocycles. The molecular formula is C9H8BrClO2. The van der Waals surface area contributed by atoms with Crippen LogP contribution in [-0.4, -0.2) is 11.1 Å². The third kappa shape index (κ3) is 2.03. The molecule has 70 valence electrons. The van der Waals surface area contributed by atoms with Crippen LogP contribution in [0.2, 0.25) is 0 Å². The lowest BCUT2D eigenvalue weighted by Gasteiger charge is -2.16. The fourth-order valence-electron chi connectivity index (χ4n) is 1.04. The van der Waals surface area contributed by atoms with Crippen LogP contribution in [0.3, 0.4) is 0 Å². The van der Waals surface area contributed by atoms with Crippen molar-refractivity contribution in [2.24, 2.45) is 0 Å². The minimum atomic E-state index is -1.52. The minimum Gasteiger partial charge on any atom is -0.479 e. The third-order valence-electron chi connectivity index (χ3n) is 1.75. The first-order valence-electron chi connectivity index (χ1n) is 3.63. The van der Waals surface area contributed by atoms with E-state index >= 15 is 0 Å². The van der Waals surface area contributed by atoms with Crippen molar-refractivity contribution in [1.82, 2.24) is 0 Å². The molecule has 1 atom stereocenters. The second kappa shape index (κ2) is 3.68. The molecule has 1 rings (SSSR count). The lowest BCUT2D eigenvalue weighted by Crippen LogP contribution is -2.23. The molecular weight excluding hydrogens is 255 g/mol. The number of aryl methyl sites for hydroxylation is 1. The van der Waals surface area contributed by atoms with Crippen LogP contribution >= 0.6 is 27.5 Å². The number of hydrogen-bond acceptors (Lipinski definition) is 1. The van der Waals surface area contributed by atoms with E-state index in [1.54, 1.807) is 12.1 Å². The Hall–Kier alpha value is -0.540. The van der Waals surface area contributed by atoms with Crippen LogP contribution in [0.5, 0.6) is 0 Å². The molecule has 4 heteroatoms. The van der Waals surface area contributed by atoms with E-state index in [4.69, 9.17) is 16.7 Å². The van der Waals surface area contributed by atoms with Crippen LogP contribution in [-0.2, 0) is 8.58 Å². The monoisotopic (exact) mass is 262 g/mol. The van der Waals surface area contributed by atoms with Crippen LogP contribution in [0.1, 0.15) is 11.1 Å². The van der Waals surface area contributed by atoms with Gasteiger partial charge in [0.05, 0.1) is 0 Å². The van der Waals surface area contributed by atoms with E-state index in [9.17, 15) is 4.79 Å². The summed E-state index contributed by atoms with van der Waals surface area (Å²) < 4.78 is -1.52. The van der Waals surface area contributed by atoms with Gasteiger partial charge in [0.15, 0.2) is 0 Å². The summed E-state index contributed by atoms with van der Waals surface area (Å²) in [4.78, 5) is 10.8. The molecule has 0 aliphatic rings. The number of aliphatic carboxylic acids is 1. The van der Waals surface area contributed by atoms with Crippen molar-refractivity contribution in [3.63, 3.8) is 0 Å². The molecule has 1 unspecified atom stereocenters. The Morgan fingerprint density at radius 3 is 2.54 bits per heavy atom. The van der Waals surface area contributed by atoms with Gasteiger partial charge in [0.25, 0.3) is 0 Å². The highest BCUT2D eigenvalue weighted by Gasteiger charge is 2.35. The SMILES string of the molecule is Cc1ccccc1C(Cl)(Br)C(=O)O. The number of alkyl halides is 2. The van der Waals surface area contributed by atoms with E-state index in [1.807, 2.05) is 19.1 Å². The first kappa shape index (κ1) is 10.5. The smallest absolute Gasteiger partial charge is 0.340 e. The predicted octanol–water partition coefficient (Wildman–Crippen LogP) is 2.87. The van der Waals surface area contributed by atoms with E-state index in [0.29, 0.717) is 5.56 Å². The van der Waals surface area contributed by atoms with E-state index in [2.05, 4.69) is 15.9 Å². The molecule has 0 aliphatic heterocycles. The van der Waals surface area contributed by atoms with Gasteiger partial charge in [0.2, 0.25) is 3.78 Å². The van der Waals surface area contributed by atoms with Crippen molar-refractivity contribution in [2.45, 2.75) is 10.7 Å². The molecule has 0 aliphatic carbocycles. The summed E-state index contributed by atoms with van der Waals surface area (Å²) in [7, 11) is 0. The summed E-state index contributed by atoms with van der Waals surface area (Å²) >= 11 is 8.79. The van der Waals surface area contributed by atoms with Gasteiger partial charge in [0, 0.05) is 0 Å². The zero-order valence-electron chi connectivity index (χ0n) is 6.92. The molecule has 1 aromatic carbocycles. The Balaban J connectivity index is 3.22. The highest BCUT2D eigenvalue weighted by molar-refractivity contribution is 9.10. The first-order chi connectivity index (χ1) is 5.96. The van der Waals surface area contributed by atoms with Crippen LogP contribution in [0.4, 0.5) is 0 Å². The number of hydrogen-bond donors (Lipinski definition) is 1. The maximum Gasteiger partial charge on any atom is 0.340 e. The molecule has 0 spiro atoms. The number of carboxylic acids is 1. The molecule has 0 saturated heterocycles. The summed E-state index contributed by atoms with van der Waals surface area (Å²) in [5.74, 6) is -1.11. The number of benzene rings is 1. The van der Waals surface area contributed by atoms with Gasteiger partial charge in [-0.05, 0) is 34.0 Å². The standard InChI is InChI=1S/C9H8BrClO2/c1-6-4-2-3-5-7(6)9(10,11)8(12)13/h2-5H,1H3,(H,12,13). The predicted molar refractivity (Wildman–Crippen MR) is 55.3 cm³/mol. The van der Waals surface area contributed by atoms with E-state index in [0.717, 1.165) is 5.56 Å². The Kier molecular flexibility index (Phi) is 2.98. The first-order valence-corrected chi connectivity index (χ1v) is 4.80. The minimum absolute atomic E-state index is 0.559. The van der Waals surface area contributed by atoms with Crippen LogP contribution < -0.4 is 0 Å². The summed E-state index contributed by atoms with van der Waals surface area (Å²) in [5, 5.41) is 8.84. The number of rotatable bonds is 2. The van der Waals surface area contributed by atoms with Crippen molar-refractivity contribution in [3.8, 4) is 0 Å². The average Bonchev–Trinajstić information content (AvgIpc) is 2.04. The molecule has 0 radical (unpaired) electrons. The highest BCUT2D eigenvalue weighted by atomic mass is 79.9. The van der Waals surface area contributed by atoms with Crippen molar-refractivity contribution in [1.29, 1.82) is 0 Å². The van der Waals surface area contributed by atoms with Gasteiger partial charge >= 0.3 is 5.97 Å². The second-order valence-corrected chi connectivity index (χ2v) is 4.91. The topological polar surface area (TPSA) is 37.3 Å². The average molecular weight is 264 g/mol. The molecule has 1 N–H and O–H groups in total. The molecule has 0 amide bonds. The Bertz CT molecular complexity index is 336. The number of carboxylic acid groups (broad SMARTS) is 1. The molecule has 2 nitrogen and oxygen atoms in total. The molecule has 0 heterocycles. The Morgan fingerprint density at radius 1 is 1.54 bits per heavy atom. The van der Waals surface area contributed by atoms with Gasteiger partial charge in [-0.15, -0.1) is 0 Å². The normalized spacial score (nSPS) is 15.0. The maximum atomic E-state index is 10.8. The summed E-state index contributed by atoms with van der Waals surface area (Å²) in [6, 6.07) is 7.09. The second-order valence-electron chi connectivity index (χ2n) is 2.69. The van der Waals surface area contributed by atoms with Gasteiger partial charge in [-0.25, -0.2) is 4.79 Å². The van der Waals surface area contributed by atoms with E-state index in [1.165, 1.54) is 0 Å². The zero-order chi connectivity index (χ0) is 10.1. The van der Waals surface area contributed by atoms with Crippen molar-refractivity contribution in [2.75, 3.05) is 0 Å². The quantitative estimate of drug-likeness (QED) is 0.833. The molecule has 0 fully saturated rings. The highest BCUT2D eigenvalue weighted by Crippen LogP contribution is 2.37. The lowest BCUT2D eigenvalue weighted by molar-refractivity contribution is -0.137. The molecule has 1 aromatic rings. The van der Waals surface area contributed by atoms with Crippen molar-refractivity contribution >= 4 is 33.5 Å². The van der Waals surface area contributed by atoms with Gasteiger partial charge in [-0.2, -0.15) is 0 Å². The largest absolute Gasteiger partial charge is 0.479 e. The Labute approximate surface area is 89.7 Å². The third-order valence-corrected chi connectivity index (χ3v) is 2.88. The van der Waals surface area contributed by atoms with Crippen LogP contribution in [0.15, 0.2) is 24.3 Å². The number of halogens is 2. The van der Waals surface area contributed by atoms with Crippen molar-refractivity contribution < 1.29 is 9.90 Å². The van der Waals surface area contributed by atoms with Gasteiger partial charge in [0.1, 0.15) is 0 Å². The van der Waals surface area contributed by atoms with Gasteiger partial charge in [-0.1, -0.05) is 35.9 Å². The van der Waals surface area contributed by atoms with Crippen LogP contribution in [0, 0.1) is 6.92 Å². The summed E-state index contributed by atoms with van der Waals surface area (Å²) in [5.41, 5.74) is 1.40.